The second kappa shape index (κ2) is 18.1. The summed E-state index contributed by atoms with van der Waals surface area (Å²) in [5.41, 5.74) is 4.21. The number of esters is 2. The third-order valence-electron chi connectivity index (χ3n) is 17.9. The molecule has 5 fully saturated rings. The van der Waals surface area contributed by atoms with E-state index in [1.165, 1.54) is 37.7 Å². The maximum atomic E-state index is 13.4. The van der Waals surface area contributed by atoms with Gasteiger partial charge in [0, 0.05) is 74.7 Å². The monoisotopic (exact) mass is 867 g/mol. The zero-order valence-corrected chi connectivity index (χ0v) is 40.1. The second-order valence-electron chi connectivity index (χ2n) is 21.4. The lowest BCUT2D eigenvalue weighted by Gasteiger charge is -2.73. The number of fused-ring (bicyclic) bond motifs is 7. The first-order chi connectivity index (χ1) is 27.3. The van der Waals surface area contributed by atoms with Gasteiger partial charge >= 0.3 is 11.9 Å². The molecule has 2 aromatic heterocycles. The molecule has 0 amide bonds. The van der Waals surface area contributed by atoms with Crippen LogP contribution < -0.4 is 43.7 Å². The normalized spacial score (nSPS) is 34.8. The van der Waals surface area contributed by atoms with E-state index in [0.29, 0.717) is 62.1 Å². The van der Waals surface area contributed by atoms with E-state index in [9.17, 15) is 9.59 Å². The van der Waals surface area contributed by atoms with Crippen molar-refractivity contribution in [3.8, 4) is 0 Å². The van der Waals surface area contributed by atoms with Gasteiger partial charge in [0.05, 0.1) is 6.61 Å². The Morgan fingerprint density at radius 1 is 0.700 bits per heavy atom. The van der Waals surface area contributed by atoms with Crippen molar-refractivity contribution in [3.05, 3.63) is 61.2 Å². The molecule has 5 aliphatic rings. The molecular weight excluding hydrogens is 791 g/mol. The van der Waals surface area contributed by atoms with E-state index in [1.807, 2.05) is 53.0 Å². The van der Waals surface area contributed by atoms with Crippen molar-refractivity contribution < 1.29 is 53.0 Å². The third-order valence-corrected chi connectivity index (χ3v) is 17.9. The summed E-state index contributed by atoms with van der Waals surface area (Å²) in [6.07, 6.45) is 20.5. The van der Waals surface area contributed by atoms with Crippen LogP contribution in [-0.4, -0.2) is 52.8 Å². The number of halogens is 2. The molecule has 60 heavy (non-hydrogen) atoms. The molecule has 7 rings (SSSR count). The van der Waals surface area contributed by atoms with Crippen molar-refractivity contribution in [2.75, 3.05) is 44.6 Å². The van der Waals surface area contributed by atoms with Crippen LogP contribution >= 0.6 is 0 Å². The van der Waals surface area contributed by atoms with E-state index in [-0.39, 0.29) is 69.9 Å². The number of carbonyl (C=O) groups excluding carboxylic acids is 2. The van der Waals surface area contributed by atoms with Gasteiger partial charge in [0.2, 0.25) is 0 Å². The molecule has 2 aromatic rings. The van der Waals surface area contributed by atoms with Gasteiger partial charge in [-0.15, -0.1) is 0 Å². The highest BCUT2D eigenvalue weighted by atomic mass is 35.5. The molecule has 0 aromatic carbocycles. The van der Waals surface area contributed by atoms with Crippen LogP contribution in [0.15, 0.2) is 61.2 Å². The van der Waals surface area contributed by atoms with Gasteiger partial charge in [-0.05, 0) is 117 Å². The van der Waals surface area contributed by atoms with Crippen molar-refractivity contribution in [1.82, 2.24) is 0 Å². The quantitative estimate of drug-likeness (QED) is 0.186. The average molecular weight is 868 g/mol. The van der Waals surface area contributed by atoms with E-state index >= 15 is 0 Å². The number of allylic oxidation sites excluding steroid dienone is 1. The first kappa shape index (κ1) is 48.2. The van der Waals surface area contributed by atoms with Gasteiger partial charge in [-0.25, -0.2) is 9.13 Å². The Balaban J connectivity index is 0.00000341. The van der Waals surface area contributed by atoms with Gasteiger partial charge in [0.25, 0.3) is 0 Å². The van der Waals surface area contributed by atoms with E-state index in [0.717, 1.165) is 43.5 Å². The molecule has 0 aliphatic heterocycles. The van der Waals surface area contributed by atoms with E-state index < -0.39 is 0 Å². The summed E-state index contributed by atoms with van der Waals surface area (Å²) in [6, 6.07) is 8.35. The van der Waals surface area contributed by atoms with Crippen LogP contribution in [-0.2, 0) is 32.2 Å². The number of aryl methyl sites for hydroxylation is 2. The van der Waals surface area contributed by atoms with Crippen LogP contribution in [0.3, 0.4) is 0 Å². The summed E-state index contributed by atoms with van der Waals surface area (Å²) in [5, 5.41) is 0. The van der Waals surface area contributed by atoms with Gasteiger partial charge in [0.1, 0.15) is 18.9 Å². The largest absolute Gasteiger partial charge is 1.00 e. The molecule has 8 nitrogen and oxygen atoms in total. The van der Waals surface area contributed by atoms with Crippen molar-refractivity contribution in [1.29, 1.82) is 0 Å². The standard InChI is InChI=1S/C50H76N4O4.2ClH/c1-35(2)38-14-25-50(34-57-43(55)21-32-53-28-17-36(18-29-53)51(8)9)27-26-48(6)39(45(38)50)12-13-41-47(5)23-16-42(46(3,4)40(47)15-24-49(41,48)7)58-44(56)22-33-54-30-19-37(20-31-54)52(10)11;;/h17-20,28-31,38-42,45H,1,12-16,21-27,32-34H2,2-11H3;2*1H/q+2;;/p-2/t38-,39?,40?,41?,42-,45?,47-,48+,49+,50+;;/m0../s1. The summed E-state index contributed by atoms with van der Waals surface area (Å²) < 4.78 is 16.9. The first-order valence-electron chi connectivity index (χ1n) is 22.7. The molecule has 10 heteroatoms. The van der Waals surface area contributed by atoms with Gasteiger partial charge < -0.3 is 44.1 Å². The zero-order chi connectivity index (χ0) is 41.8. The number of aromatic nitrogens is 2. The molecule has 0 N–H and O–H groups in total. The van der Waals surface area contributed by atoms with Gasteiger partial charge in [-0.1, -0.05) is 46.8 Å². The zero-order valence-electron chi connectivity index (χ0n) is 38.6. The molecule has 5 aliphatic carbocycles. The van der Waals surface area contributed by atoms with Crippen molar-refractivity contribution in [2.24, 2.45) is 56.7 Å². The molecule has 4 unspecified atom stereocenters. The highest BCUT2D eigenvalue weighted by molar-refractivity contribution is 5.69. The lowest BCUT2D eigenvalue weighted by molar-refractivity contribution is -0.696. The predicted octanol–water partition coefficient (Wildman–Crippen LogP) is 2.99. The number of nitrogens with zero attached hydrogens (tertiary/aromatic N) is 4. The maximum absolute atomic E-state index is 13.4. The summed E-state index contributed by atoms with van der Waals surface area (Å²) in [4.78, 5) is 30.9. The minimum atomic E-state index is -0.0848. The summed E-state index contributed by atoms with van der Waals surface area (Å²) >= 11 is 0. The Morgan fingerprint density at radius 2 is 1.27 bits per heavy atom. The fourth-order valence-corrected chi connectivity index (χ4v) is 14.5. The molecule has 2 heterocycles. The lowest BCUT2D eigenvalue weighted by atomic mass is 9.32. The number of pyridine rings is 2. The van der Waals surface area contributed by atoms with Crippen molar-refractivity contribution in [3.63, 3.8) is 0 Å². The Hall–Kier alpha value is -2.84. The van der Waals surface area contributed by atoms with E-state index in [4.69, 9.17) is 9.47 Å². The molecule has 10 atom stereocenters. The minimum absolute atomic E-state index is 0. The maximum Gasteiger partial charge on any atom is 0.312 e. The van der Waals surface area contributed by atoms with Crippen LogP contribution in [0, 0.1) is 56.7 Å². The third kappa shape index (κ3) is 8.48. The lowest BCUT2D eigenvalue weighted by Crippen LogP contribution is -3.00. The molecule has 334 valence electrons. The average Bonchev–Trinajstić information content (AvgIpc) is 3.57. The van der Waals surface area contributed by atoms with Gasteiger partial charge in [-0.3, -0.25) is 9.59 Å². The number of rotatable bonds is 12. The number of carbonyl (C=O) groups is 2. The minimum Gasteiger partial charge on any atom is -1.00 e. The Morgan fingerprint density at radius 3 is 1.82 bits per heavy atom. The molecule has 0 radical (unpaired) electrons. The summed E-state index contributed by atoms with van der Waals surface area (Å²) in [6.45, 7) is 21.5. The molecule has 0 spiro atoms. The Kier molecular flexibility index (Phi) is 14.5. The first-order valence-corrected chi connectivity index (χ1v) is 22.7. The van der Waals surface area contributed by atoms with Crippen LogP contribution in [0.4, 0.5) is 11.4 Å². The summed E-state index contributed by atoms with van der Waals surface area (Å²) in [7, 11) is 8.16. The van der Waals surface area contributed by atoms with Crippen LogP contribution in [0.2, 0.25) is 0 Å². The molecular formula is C50H76Cl2N4O4. The number of hydrogen-bond donors (Lipinski definition) is 0. The smallest absolute Gasteiger partial charge is 0.312 e. The van der Waals surface area contributed by atoms with Crippen LogP contribution in [0.5, 0.6) is 0 Å². The Bertz CT molecular complexity index is 1840. The van der Waals surface area contributed by atoms with E-state index in [1.54, 1.807) is 0 Å². The summed E-state index contributed by atoms with van der Waals surface area (Å²) in [5.74, 6) is 2.58. The fraction of sp³-hybridized carbons (Fsp3) is 0.720. The highest BCUT2D eigenvalue weighted by Gasteiger charge is 2.71. The number of ether oxygens (including phenoxy) is 2. The van der Waals surface area contributed by atoms with Crippen LogP contribution in [0.25, 0.3) is 0 Å². The molecule has 0 bridgehead atoms. The SMILES string of the molecule is C=C(C)[C@@H]1CC[C@]2(COC(=O)CC[n+]3ccc(N(C)C)cc3)CC[C@]3(C)C(CCC4[C@@]5(C)CC[C@H](OC(=O)CC[n+]6ccc(N(C)C)cc6)C(C)(C)C5CC[C@]43C)C12.[Cl-].[Cl-]. The van der Waals surface area contributed by atoms with E-state index in [2.05, 4.69) is 91.3 Å². The molecule has 5 saturated carbocycles. The highest BCUT2D eigenvalue weighted by Crippen LogP contribution is 2.77. The number of anilines is 2. The van der Waals surface area contributed by atoms with Crippen LogP contribution in [0.1, 0.15) is 119 Å². The topological polar surface area (TPSA) is 66.8 Å². The van der Waals surface area contributed by atoms with Gasteiger partial charge in [0.15, 0.2) is 37.9 Å². The Labute approximate surface area is 375 Å². The van der Waals surface area contributed by atoms with Crippen molar-refractivity contribution in [2.45, 2.75) is 138 Å². The second-order valence-corrected chi connectivity index (χ2v) is 21.4. The van der Waals surface area contributed by atoms with Gasteiger partial charge in [-0.2, -0.15) is 0 Å². The fourth-order valence-electron chi connectivity index (χ4n) is 14.5. The predicted molar refractivity (Wildman–Crippen MR) is 231 cm³/mol. The molecule has 0 saturated heterocycles. The number of hydrogen-bond acceptors (Lipinski definition) is 6. The van der Waals surface area contributed by atoms with Crippen molar-refractivity contribution >= 4 is 23.3 Å².